The summed E-state index contributed by atoms with van der Waals surface area (Å²) in [5, 5.41) is 1.56. The Morgan fingerprint density at radius 1 is 1.33 bits per heavy atom. The van der Waals surface area contributed by atoms with Crippen LogP contribution in [0.3, 0.4) is 0 Å². The molecule has 114 valence electrons. The first-order valence-electron chi connectivity index (χ1n) is 6.96. The molecule has 5 nitrogen and oxygen atoms in total. The summed E-state index contributed by atoms with van der Waals surface area (Å²) < 4.78 is 4.78. The number of hydrazine groups is 1. The average Bonchev–Trinajstić information content (AvgIpc) is 2.45. The zero-order valence-corrected chi connectivity index (χ0v) is 12.4. The van der Waals surface area contributed by atoms with Crippen LogP contribution in [0.4, 0.5) is 0 Å². The smallest absolute Gasteiger partial charge is 0.330 e. The maximum atomic E-state index is 11.1. The van der Waals surface area contributed by atoms with Crippen molar-refractivity contribution in [3.05, 3.63) is 59.9 Å². The third kappa shape index (κ3) is 7.79. The van der Waals surface area contributed by atoms with Crippen LogP contribution in [0.25, 0.3) is 0 Å². The van der Waals surface area contributed by atoms with Crippen molar-refractivity contribution in [2.45, 2.75) is 26.3 Å². The number of carbonyl (C=O) groups is 1. The van der Waals surface area contributed by atoms with Crippen molar-refractivity contribution in [1.82, 2.24) is 5.01 Å². The number of allylic oxidation sites excluding steroid dienone is 2. The summed E-state index contributed by atoms with van der Waals surface area (Å²) in [5.74, 6) is 5.55. The van der Waals surface area contributed by atoms with Gasteiger partial charge in [0.25, 0.3) is 0 Å². The topological polar surface area (TPSA) is 81.6 Å². The fraction of sp³-hybridized carbons (Fsp3) is 0.312. The van der Waals surface area contributed by atoms with E-state index in [1.807, 2.05) is 30.3 Å². The van der Waals surface area contributed by atoms with E-state index in [-0.39, 0.29) is 5.97 Å². The molecule has 1 rings (SSSR count). The molecule has 0 aliphatic carbocycles. The number of carbonyl (C=O) groups excluding carboxylic acids is 1. The van der Waals surface area contributed by atoms with Crippen LogP contribution in [0, 0.1) is 0 Å². The molecule has 0 aliphatic rings. The molecular weight excluding hydrogens is 266 g/mol. The Labute approximate surface area is 125 Å². The van der Waals surface area contributed by atoms with Gasteiger partial charge in [0.05, 0.1) is 13.2 Å². The standard InChI is InChI=1S/C16H23N3O2/c1-2-21-16(20)11-7-6-10-15(17)13-19(18)12-14-8-4-3-5-9-14/h3-5,7-9,11,13H,2,6,10,12,17-18H2,1H3/b11-7+,15-13-. The number of rotatable bonds is 8. The fourth-order valence-corrected chi connectivity index (χ4v) is 1.74. The molecule has 0 unspecified atom stereocenters. The predicted octanol–water partition coefficient (Wildman–Crippen LogP) is 2.06. The van der Waals surface area contributed by atoms with Crippen LogP contribution >= 0.6 is 0 Å². The van der Waals surface area contributed by atoms with Crippen molar-refractivity contribution in [2.75, 3.05) is 6.61 Å². The van der Waals surface area contributed by atoms with E-state index in [4.69, 9.17) is 16.3 Å². The number of benzene rings is 1. The van der Waals surface area contributed by atoms with Crippen LogP contribution in [0.15, 0.2) is 54.4 Å². The first-order valence-corrected chi connectivity index (χ1v) is 6.96. The van der Waals surface area contributed by atoms with Crippen LogP contribution < -0.4 is 11.6 Å². The second kappa shape index (κ2) is 9.61. The van der Waals surface area contributed by atoms with Gasteiger partial charge in [0.15, 0.2) is 0 Å². The maximum absolute atomic E-state index is 11.1. The summed E-state index contributed by atoms with van der Waals surface area (Å²) in [5.41, 5.74) is 7.68. The van der Waals surface area contributed by atoms with Crippen molar-refractivity contribution >= 4 is 5.97 Å². The van der Waals surface area contributed by atoms with E-state index >= 15 is 0 Å². The summed E-state index contributed by atoms with van der Waals surface area (Å²) in [6.45, 7) is 2.75. The molecule has 0 bridgehead atoms. The van der Waals surface area contributed by atoms with Gasteiger partial charge in [0.1, 0.15) is 0 Å². The van der Waals surface area contributed by atoms with Gasteiger partial charge < -0.3 is 15.5 Å². The number of nitrogens with zero attached hydrogens (tertiary/aromatic N) is 1. The Morgan fingerprint density at radius 2 is 2.05 bits per heavy atom. The lowest BCUT2D eigenvalue weighted by atomic mass is 10.2. The molecule has 0 atom stereocenters. The highest BCUT2D eigenvalue weighted by Gasteiger charge is 1.98. The quantitative estimate of drug-likeness (QED) is 0.331. The lowest BCUT2D eigenvalue weighted by molar-refractivity contribution is -0.137. The molecule has 0 amide bonds. The summed E-state index contributed by atoms with van der Waals surface area (Å²) in [6.07, 6.45) is 6.18. The number of hydrogen-bond acceptors (Lipinski definition) is 5. The molecule has 1 aromatic rings. The molecule has 0 heterocycles. The highest BCUT2D eigenvalue weighted by Crippen LogP contribution is 2.04. The Morgan fingerprint density at radius 3 is 2.71 bits per heavy atom. The molecule has 0 fully saturated rings. The summed E-state index contributed by atoms with van der Waals surface area (Å²) >= 11 is 0. The van der Waals surface area contributed by atoms with Gasteiger partial charge >= 0.3 is 5.97 Å². The van der Waals surface area contributed by atoms with Crippen molar-refractivity contribution in [1.29, 1.82) is 0 Å². The third-order valence-electron chi connectivity index (χ3n) is 2.68. The monoisotopic (exact) mass is 289 g/mol. The number of ether oxygens (including phenoxy) is 1. The average molecular weight is 289 g/mol. The van der Waals surface area contributed by atoms with Crippen molar-refractivity contribution in [3.63, 3.8) is 0 Å². The van der Waals surface area contributed by atoms with Gasteiger partial charge in [0.2, 0.25) is 0 Å². The van der Waals surface area contributed by atoms with Gasteiger partial charge in [-0.2, -0.15) is 0 Å². The zero-order chi connectivity index (χ0) is 15.5. The first-order chi connectivity index (χ1) is 10.1. The first kappa shape index (κ1) is 16.8. The second-order valence-corrected chi connectivity index (χ2v) is 4.56. The van der Waals surface area contributed by atoms with E-state index in [1.165, 1.54) is 6.08 Å². The maximum Gasteiger partial charge on any atom is 0.330 e. The minimum Gasteiger partial charge on any atom is -0.463 e. The van der Waals surface area contributed by atoms with Crippen LogP contribution in [0.5, 0.6) is 0 Å². The van der Waals surface area contributed by atoms with Gasteiger partial charge in [0, 0.05) is 18.0 Å². The molecule has 5 heteroatoms. The zero-order valence-electron chi connectivity index (χ0n) is 12.4. The van der Waals surface area contributed by atoms with Gasteiger partial charge in [-0.1, -0.05) is 36.4 Å². The lowest BCUT2D eigenvalue weighted by Crippen LogP contribution is -2.25. The van der Waals surface area contributed by atoms with Crippen LogP contribution in [-0.4, -0.2) is 17.6 Å². The summed E-state index contributed by atoms with van der Waals surface area (Å²) in [6, 6.07) is 9.91. The second-order valence-electron chi connectivity index (χ2n) is 4.56. The highest BCUT2D eigenvalue weighted by molar-refractivity contribution is 5.81. The normalized spacial score (nSPS) is 11.6. The lowest BCUT2D eigenvalue weighted by Gasteiger charge is -2.14. The molecule has 1 aromatic carbocycles. The molecule has 21 heavy (non-hydrogen) atoms. The van der Waals surface area contributed by atoms with E-state index < -0.39 is 0 Å². The highest BCUT2D eigenvalue weighted by atomic mass is 16.5. The molecule has 0 aromatic heterocycles. The van der Waals surface area contributed by atoms with E-state index in [0.717, 1.165) is 5.56 Å². The number of hydrogen-bond donors (Lipinski definition) is 2. The van der Waals surface area contributed by atoms with Gasteiger partial charge in [-0.15, -0.1) is 0 Å². The molecule has 0 spiro atoms. The summed E-state index contributed by atoms with van der Waals surface area (Å²) in [4.78, 5) is 11.1. The Bertz CT molecular complexity index is 484. The molecule has 0 aliphatic heterocycles. The minimum absolute atomic E-state index is 0.329. The van der Waals surface area contributed by atoms with Crippen LogP contribution in [0.2, 0.25) is 0 Å². The molecule has 0 radical (unpaired) electrons. The fourth-order valence-electron chi connectivity index (χ4n) is 1.74. The van der Waals surface area contributed by atoms with Gasteiger partial charge in [-0.25, -0.2) is 10.6 Å². The van der Waals surface area contributed by atoms with E-state index in [9.17, 15) is 4.79 Å². The summed E-state index contributed by atoms with van der Waals surface area (Å²) in [7, 11) is 0. The Hall–Kier alpha value is -2.27. The Balaban J connectivity index is 2.33. The van der Waals surface area contributed by atoms with Crippen LogP contribution in [-0.2, 0) is 16.1 Å². The molecule has 0 saturated heterocycles. The Kier molecular flexibility index (Phi) is 7.68. The van der Waals surface area contributed by atoms with Crippen molar-refractivity contribution in [2.24, 2.45) is 11.6 Å². The number of esters is 1. The van der Waals surface area contributed by atoms with E-state index in [2.05, 4.69) is 0 Å². The molecular formula is C16H23N3O2. The molecule has 4 N–H and O–H groups in total. The predicted molar refractivity (Wildman–Crippen MR) is 83.4 cm³/mol. The van der Waals surface area contributed by atoms with Crippen LogP contribution in [0.1, 0.15) is 25.3 Å². The molecule has 0 saturated carbocycles. The third-order valence-corrected chi connectivity index (χ3v) is 2.68. The van der Waals surface area contributed by atoms with Crippen molar-refractivity contribution < 1.29 is 9.53 Å². The van der Waals surface area contributed by atoms with Crippen molar-refractivity contribution in [3.8, 4) is 0 Å². The van der Waals surface area contributed by atoms with Gasteiger partial charge in [-0.05, 0) is 25.3 Å². The number of nitrogens with two attached hydrogens (primary N) is 2. The SMILES string of the molecule is CCOC(=O)/C=C/CC/C(N)=C/N(N)Cc1ccccc1. The van der Waals surface area contributed by atoms with E-state index in [1.54, 1.807) is 24.2 Å². The minimum atomic E-state index is -0.329. The largest absolute Gasteiger partial charge is 0.463 e. The van der Waals surface area contributed by atoms with E-state index in [0.29, 0.717) is 31.7 Å². The van der Waals surface area contributed by atoms with Gasteiger partial charge in [-0.3, -0.25) is 0 Å².